The Hall–Kier alpha value is -0.200. The highest BCUT2D eigenvalue weighted by atomic mass is 16.5. The van der Waals surface area contributed by atoms with Crippen LogP contribution in [0, 0.1) is 6.61 Å². The van der Waals surface area contributed by atoms with Crippen LogP contribution in [0.3, 0.4) is 0 Å². The largest absolute Gasteiger partial charge is 0.394 e. The summed E-state index contributed by atoms with van der Waals surface area (Å²) in [4.78, 5) is 0. The highest BCUT2D eigenvalue weighted by Crippen LogP contribution is 1.92. The minimum Gasteiger partial charge on any atom is -0.394 e. The van der Waals surface area contributed by atoms with Crippen molar-refractivity contribution >= 4 is 0 Å². The van der Waals surface area contributed by atoms with Crippen molar-refractivity contribution < 1.29 is 25.2 Å². The standard InChI is InChI=1S/C6H13O5/c7-1-5(9)3-11-4-6(10)2-8/h3,5-10H,1-2,4H2. The van der Waals surface area contributed by atoms with Gasteiger partial charge in [-0.2, -0.15) is 0 Å². The van der Waals surface area contributed by atoms with Crippen LogP contribution in [0.4, 0.5) is 0 Å². The first kappa shape index (κ1) is 10.8. The van der Waals surface area contributed by atoms with Gasteiger partial charge in [0.05, 0.1) is 19.8 Å². The predicted octanol–water partition coefficient (Wildman–Crippen LogP) is -2.13. The molecule has 0 aliphatic heterocycles. The molecule has 0 amide bonds. The topological polar surface area (TPSA) is 90.2 Å². The number of hydrogen-bond acceptors (Lipinski definition) is 5. The Kier molecular flexibility index (Phi) is 6.39. The van der Waals surface area contributed by atoms with Gasteiger partial charge < -0.3 is 25.2 Å². The molecule has 67 valence electrons. The molecule has 5 heteroatoms. The lowest BCUT2D eigenvalue weighted by atomic mass is 10.4. The maximum absolute atomic E-state index is 8.70. The van der Waals surface area contributed by atoms with Crippen LogP contribution in [0.1, 0.15) is 0 Å². The highest BCUT2D eigenvalue weighted by molar-refractivity contribution is 4.64. The lowest BCUT2D eigenvalue weighted by molar-refractivity contribution is -0.00349. The molecule has 0 aliphatic rings. The zero-order chi connectivity index (χ0) is 8.69. The molecule has 0 saturated carbocycles. The van der Waals surface area contributed by atoms with Gasteiger partial charge in [-0.1, -0.05) is 0 Å². The molecule has 0 heterocycles. The second-order valence-corrected chi connectivity index (χ2v) is 2.06. The van der Waals surface area contributed by atoms with E-state index in [2.05, 4.69) is 4.74 Å². The summed E-state index contributed by atoms with van der Waals surface area (Å²) in [5.41, 5.74) is 0. The van der Waals surface area contributed by atoms with Gasteiger partial charge in [0.25, 0.3) is 0 Å². The molecular formula is C6H13O5. The van der Waals surface area contributed by atoms with Crippen molar-refractivity contribution in [2.75, 3.05) is 19.8 Å². The molecule has 2 atom stereocenters. The van der Waals surface area contributed by atoms with Crippen LogP contribution in [0.2, 0.25) is 0 Å². The zero-order valence-electron chi connectivity index (χ0n) is 6.05. The van der Waals surface area contributed by atoms with E-state index >= 15 is 0 Å². The average Bonchev–Trinajstić information content (AvgIpc) is 2.04. The van der Waals surface area contributed by atoms with Crippen molar-refractivity contribution in [3.63, 3.8) is 0 Å². The molecule has 0 aromatic rings. The van der Waals surface area contributed by atoms with Crippen molar-refractivity contribution in [1.82, 2.24) is 0 Å². The van der Waals surface area contributed by atoms with Crippen LogP contribution in [-0.2, 0) is 4.74 Å². The van der Waals surface area contributed by atoms with Crippen molar-refractivity contribution in [1.29, 1.82) is 0 Å². The van der Waals surface area contributed by atoms with Gasteiger partial charge in [-0.15, -0.1) is 0 Å². The van der Waals surface area contributed by atoms with E-state index in [0.29, 0.717) is 0 Å². The molecular weight excluding hydrogens is 152 g/mol. The molecule has 0 rings (SSSR count). The summed E-state index contributed by atoms with van der Waals surface area (Å²) >= 11 is 0. The SMILES string of the molecule is OCC(O)[CH]OCC(O)CO. The second kappa shape index (κ2) is 6.51. The Bertz CT molecular complexity index is 77.0. The third kappa shape index (κ3) is 6.21. The molecule has 0 aromatic heterocycles. The van der Waals surface area contributed by atoms with E-state index < -0.39 is 18.8 Å². The zero-order valence-corrected chi connectivity index (χ0v) is 6.05. The van der Waals surface area contributed by atoms with E-state index in [-0.39, 0.29) is 13.2 Å². The summed E-state index contributed by atoms with van der Waals surface area (Å²) < 4.78 is 4.59. The Balaban J connectivity index is 3.13. The summed E-state index contributed by atoms with van der Waals surface area (Å²) in [5.74, 6) is 0. The molecule has 1 radical (unpaired) electrons. The van der Waals surface area contributed by atoms with E-state index in [9.17, 15) is 0 Å². The Labute approximate surface area is 64.9 Å². The lowest BCUT2D eigenvalue weighted by Crippen LogP contribution is -2.22. The molecule has 0 spiro atoms. The monoisotopic (exact) mass is 165 g/mol. The van der Waals surface area contributed by atoms with Gasteiger partial charge in [-0.25, -0.2) is 0 Å². The summed E-state index contributed by atoms with van der Waals surface area (Å²) in [5, 5.41) is 34.0. The molecule has 0 bridgehead atoms. The summed E-state index contributed by atoms with van der Waals surface area (Å²) in [6, 6.07) is 0. The van der Waals surface area contributed by atoms with Gasteiger partial charge in [0.1, 0.15) is 18.8 Å². The molecule has 11 heavy (non-hydrogen) atoms. The normalized spacial score (nSPS) is 16.4. The van der Waals surface area contributed by atoms with Gasteiger partial charge in [0.2, 0.25) is 0 Å². The smallest absolute Gasteiger partial charge is 0.114 e. The number of rotatable bonds is 6. The molecule has 4 N–H and O–H groups in total. The number of aliphatic hydroxyl groups excluding tert-OH is 4. The third-order valence-corrected chi connectivity index (χ3v) is 0.940. The van der Waals surface area contributed by atoms with Crippen LogP contribution in [-0.4, -0.2) is 52.5 Å². The fourth-order valence-electron chi connectivity index (χ4n) is 0.373. The predicted molar refractivity (Wildman–Crippen MR) is 36.4 cm³/mol. The minimum absolute atomic E-state index is 0.0897. The quantitative estimate of drug-likeness (QED) is 0.361. The van der Waals surface area contributed by atoms with Crippen LogP contribution in [0.25, 0.3) is 0 Å². The average molecular weight is 165 g/mol. The Morgan fingerprint density at radius 1 is 1.18 bits per heavy atom. The van der Waals surface area contributed by atoms with Crippen LogP contribution >= 0.6 is 0 Å². The number of aliphatic hydroxyl groups is 4. The Morgan fingerprint density at radius 2 is 1.82 bits per heavy atom. The molecule has 2 unspecified atom stereocenters. The molecule has 0 saturated heterocycles. The summed E-state index contributed by atoms with van der Waals surface area (Å²) in [6.45, 7) is 0.102. The van der Waals surface area contributed by atoms with Gasteiger partial charge in [-0.05, 0) is 0 Å². The van der Waals surface area contributed by atoms with E-state index in [0.717, 1.165) is 6.61 Å². The molecule has 0 fully saturated rings. The number of ether oxygens (including phenoxy) is 1. The van der Waals surface area contributed by atoms with E-state index in [1.54, 1.807) is 0 Å². The van der Waals surface area contributed by atoms with E-state index in [4.69, 9.17) is 20.4 Å². The minimum atomic E-state index is -1.04. The van der Waals surface area contributed by atoms with Gasteiger partial charge in [0, 0.05) is 0 Å². The number of hydrogen-bond donors (Lipinski definition) is 4. The van der Waals surface area contributed by atoms with Gasteiger partial charge in [-0.3, -0.25) is 0 Å². The van der Waals surface area contributed by atoms with E-state index in [1.165, 1.54) is 0 Å². The van der Waals surface area contributed by atoms with Crippen molar-refractivity contribution in [3.05, 3.63) is 6.61 Å². The molecule has 0 aromatic carbocycles. The first-order valence-corrected chi connectivity index (χ1v) is 3.23. The van der Waals surface area contributed by atoms with E-state index in [1.807, 2.05) is 0 Å². The maximum atomic E-state index is 8.70. The summed E-state index contributed by atoms with van der Waals surface area (Å²) in [6.07, 6.45) is -1.99. The van der Waals surface area contributed by atoms with Crippen molar-refractivity contribution in [3.8, 4) is 0 Å². The summed E-state index contributed by atoms with van der Waals surface area (Å²) in [7, 11) is 0. The van der Waals surface area contributed by atoms with Gasteiger partial charge in [0.15, 0.2) is 0 Å². The lowest BCUT2D eigenvalue weighted by Gasteiger charge is -2.09. The van der Waals surface area contributed by atoms with Crippen molar-refractivity contribution in [2.45, 2.75) is 12.2 Å². The molecule has 5 nitrogen and oxygen atoms in total. The first-order chi connectivity index (χ1) is 5.20. The van der Waals surface area contributed by atoms with Crippen LogP contribution in [0.15, 0.2) is 0 Å². The van der Waals surface area contributed by atoms with Crippen LogP contribution < -0.4 is 0 Å². The maximum Gasteiger partial charge on any atom is 0.114 e. The fraction of sp³-hybridized carbons (Fsp3) is 0.833. The third-order valence-electron chi connectivity index (χ3n) is 0.940. The fourth-order valence-corrected chi connectivity index (χ4v) is 0.373. The van der Waals surface area contributed by atoms with Gasteiger partial charge >= 0.3 is 0 Å². The van der Waals surface area contributed by atoms with Crippen LogP contribution in [0.5, 0.6) is 0 Å². The highest BCUT2D eigenvalue weighted by Gasteiger charge is 2.05. The second-order valence-electron chi connectivity index (χ2n) is 2.06. The van der Waals surface area contributed by atoms with Crippen molar-refractivity contribution in [2.24, 2.45) is 0 Å². The Morgan fingerprint density at radius 3 is 2.27 bits per heavy atom. The first-order valence-electron chi connectivity index (χ1n) is 3.23. The molecule has 0 aliphatic carbocycles.